The Morgan fingerprint density at radius 1 is 1.05 bits per heavy atom. The molecule has 0 aromatic carbocycles. The molecular formula is C10H20O8S. The van der Waals surface area contributed by atoms with Gasteiger partial charge in [-0.15, -0.1) is 0 Å². The molecule has 1 saturated heterocycles. The summed E-state index contributed by atoms with van der Waals surface area (Å²) < 4.78 is 29.0. The van der Waals surface area contributed by atoms with Gasteiger partial charge < -0.3 is 34.5 Å². The van der Waals surface area contributed by atoms with Crippen LogP contribution in [0.25, 0.3) is 0 Å². The average molecular weight is 300 g/mol. The van der Waals surface area contributed by atoms with Crippen LogP contribution in [0.15, 0.2) is 0 Å². The van der Waals surface area contributed by atoms with Crippen molar-refractivity contribution < 1.29 is 38.7 Å². The molecular weight excluding hydrogens is 280 g/mol. The molecule has 1 rings (SSSR count). The fourth-order valence-electron chi connectivity index (χ4n) is 1.70. The maximum atomic E-state index is 10.4. The zero-order valence-electron chi connectivity index (χ0n) is 10.3. The fraction of sp³-hybridized carbons (Fsp3) is 1.00. The van der Waals surface area contributed by atoms with Crippen LogP contribution in [0.5, 0.6) is 0 Å². The van der Waals surface area contributed by atoms with Crippen LogP contribution in [0, 0.1) is 0 Å². The van der Waals surface area contributed by atoms with Crippen molar-refractivity contribution in [2.24, 2.45) is 0 Å². The molecule has 0 bridgehead atoms. The van der Waals surface area contributed by atoms with Crippen molar-refractivity contribution in [1.29, 1.82) is 0 Å². The molecule has 1 aliphatic heterocycles. The minimum Gasteiger partial charge on any atom is -0.387 e. The van der Waals surface area contributed by atoms with E-state index >= 15 is 0 Å². The molecule has 0 aliphatic carbocycles. The lowest BCUT2D eigenvalue weighted by molar-refractivity contribution is -0.288. The predicted octanol–water partition coefficient (Wildman–Crippen LogP) is -2.20. The number of rotatable bonds is 7. The highest BCUT2D eigenvalue weighted by Gasteiger charge is 2.42. The van der Waals surface area contributed by atoms with Crippen LogP contribution in [-0.2, 0) is 20.6 Å². The normalized spacial score (nSPS) is 37.2. The summed E-state index contributed by atoms with van der Waals surface area (Å²) in [6.07, 6.45) is -5.78. The number of hydrogen-bond donors (Lipinski definition) is 5. The van der Waals surface area contributed by atoms with Gasteiger partial charge in [0.05, 0.1) is 6.61 Å². The first-order chi connectivity index (χ1) is 8.93. The molecule has 19 heavy (non-hydrogen) atoms. The number of ether oxygens (including phenoxy) is 2. The molecule has 0 aromatic rings. The zero-order chi connectivity index (χ0) is 14.4. The number of unbranched alkanes of at least 4 members (excludes halogenated alkanes) is 1. The molecule has 0 aromatic heterocycles. The molecule has 0 amide bonds. The Kier molecular flexibility index (Phi) is 7.32. The van der Waals surface area contributed by atoms with Gasteiger partial charge >= 0.3 is 0 Å². The summed E-state index contributed by atoms with van der Waals surface area (Å²) in [6.45, 7) is 0.253. The van der Waals surface area contributed by atoms with Gasteiger partial charge in [-0.25, -0.2) is 4.21 Å². The zero-order valence-corrected chi connectivity index (χ0v) is 11.1. The van der Waals surface area contributed by atoms with Gasteiger partial charge in [-0.1, -0.05) is 0 Å². The summed E-state index contributed by atoms with van der Waals surface area (Å²) in [4.78, 5) is 0. The summed E-state index contributed by atoms with van der Waals surface area (Å²) in [5, 5.41) is 37.6. The van der Waals surface area contributed by atoms with Crippen LogP contribution < -0.4 is 0 Å². The number of aliphatic hydroxyl groups is 4. The van der Waals surface area contributed by atoms with Gasteiger partial charge in [-0.2, -0.15) is 0 Å². The third kappa shape index (κ3) is 5.40. The second-order valence-corrected chi connectivity index (χ2v) is 5.40. The highest BCUT2D eigenvalue weighted by molar-refractivity contribution is 7.79. The first kappa shape index (κ1) is 16.9. The van der Waals surface area contributed by atoms with Crippen LogP contribution in [-0.4, -0.2) is 78.9 Å². The van der Waals surface area contributed by atoms with Gasteiger partial charge in [-0.3, -0.25) is 0 Å². The van der Waals surface area contributed by atoms with Crippen LogP contribution in [0.3, 0.4) is 0 Å². The van der Waals surface area contributed by atoms with E-state index in [0.717, 1.165) is 0 Å². The maximum Gasteiger partial charge on any atom is 0.184 e. The molecule has 8 nitrogen and oxygen atoms in total. The fourth-order valence-corrected chi connectivity index (χ4v) is 2.15. The number of hydrogen-bond acceptors (Lipinski definition) is 7. The molecule has 0 saturated carbocycles. The predicted molar refractivity (Wildman–Crippen MR) is 64.6 cm³/mol. The van der Waals surface area contributed by atoms with E-state index in [0.29, 0.717) is 19.4 Å². The van der Waals surface area contributed by atoms with E-state index in [2.05, 4.69) is 0 Å². The standard InChI is InChI=1S/C10H20O8S/c11-7-6(18-10(14)9(13)8(7)12)5-17-3-1-2-4-19(15)16/h6-14H,1-5H2,(H,15,16). The van der Waals surface area contributed by atoms with Crippen molar-refractivity contribution >= 4 is 11.1 Å². The second-order valence-electron chi connectivity index (χ2n) is 4.34. The lowest BCUT2D eigenvalue weighted by Gasteiger charge is -2.38. The van der Waals surface area contributed by atoms with Gasteiger partial charge in [0, 0.05) is 12.4 Å². The van der Waals surface area contributed by atoms with Gasteiger partial charge in [0.25, 0.3) is 0 Å². The van der Waals surface area contributed by atoms with Crippen molar-refractivity contribution in [3.05, 3.63) is 0 Å². The topological polar surface area (TPSA) is 137 Å². The van der Waals surface area contributed by atoms with E-state index < -0.39 is 41.8 Å². The van der Waals surface area contributed by atoms with E-state index in [-0.39, 0.29) is 12.4 Å². The first-order valence-electron chi connectivity index (χ1n) is 5.96. The molecule has 1 aliphatic rings. The van der Waals surface area contributed by atoms with Crippen LogP contribution in [0.2, 0.25) is 0 Å². The smallest absolute Gasteiger partial charge is 0.184 e. The Bertz CT molecular complexity index is 289. The van der Waals surface area contributed by atoms with Crippen molar-refractivity contribution in [2.45, 2.75) is 43.5 Å². The minimum absolute atomic E-state index is 0.0514. The third-order valence-electron chi connectivity index (χ3n) is 2.83. The molecule has 0 radical (unpaired) electrons. The SMILES string of the molecule is O=S(O)CCCCOCC1OC(O)C(O)C(O)C1O. The van der Waals surface area contributed by atoms with Crippen LogP contribution in [0.4, 0.5) is 0 Å². The largest absolute Gasteiger partial charge is 0.387 e. The highest BCUT2D eigenvalue weighted by atomic mass is 32.2. The van der Waals surface area contributed by atoms with E-state index in [9.17, 15) is 24.6 Å². The Balaban J connectivity index is 2.20. The van der Waals surface area contributed by atoms with Crippen molar-refractivity contribution in [1.82, 2.24) is 0 Å². The Morgan fingerprint density at radius 3 is 2.37 bits per heavy atom. The van der Waals surface area contributed by atoms with Crippen molar-refractivity contribution in [3.8, 4) is 0 Å². The minimum atomic E-state index is -1.81. The van der Waals surface area contributed by atoms with Crippen molar-refractivity contribution in [2.75, 3.05) is 19.0 Å². The molecule has 5 N–H and O–H groups in total. The molecule has 6 atom stereocenters. The summed E-state index contributed by atoms with van der Waals surface area (Å²) in [5.41, 5.74) is 0. The molecule has 1 fully saturated rings. The summed E-state index contributed by atoms with van der Waals surface area (Å²) in [6, 6.07) is 0. The molecule has 9 heteroatoms. The quantitative estimate of drug-likeness (QED) is 0.264. The lowest BCUT2D eigenvalue weighted by Crippen LogP contribution is -2.58. The van der Waals surface area contributed by atoms with E-state index in [1.807, 2.05) is 0 Å². The summed E-state index contributed by atoms with van der Waals surface area (Å²) in [7, 11) is 0. The number of aliphatic hydroxyl groups excluding tert-OH is 4. The van der Waals surface area contributed by atoms with E-state index in [1.54, 1.807) is 0 Å². The Labute approximate surface area is 113 Å². The monoisotopic (exact) mass is 300 g/mol. The van der Waals surface area contributed by atoms with Crippen LogP contribution >= 0.6 is 0 Å². The average Bonchev–Trinajstić information content (AvgIpc) is 2.36. The third-order valence-corrected chi connectivity index (χ3v) is 3.46. The first-order valence-corrected chi connectivity index (χ1v) is 7.24. The summed E-state index contributed by atoms with van der Waals surface area (Å²) >= 11 is -1.81. The molecule has 6 unspecified atom stereocenters. The van der Waals surface area contributed by atoms with Gasteiger partial charge in [0.15, 0.2) is 17.4 Å². The second kappa shape index (κ2) is 8.22. The lowest BCUT2D eigenvalue weighted by atomic mass is 9.99. The van der Waals surface area contributed by atoms with E-state index in [1.165, 1.54) is 0 Å². The van der Waals surface area contributed by atoms with Crippen LogP contribution in [0.1, 0.15) is 12.8 Å². The Hall–Kier alpha value is -0.130. The van der Waals surface area contributed by atoms with E-state index in [4.69, 9.17) is 14.0 Å². The van der Waals surface area contributed by atoms with Crippen molar-refractivity contribution in [3.63, 3.8) is 0 Å². The van der Waals surface area contributed by atoms with Gasteiger partial charge in [0.2, 0.25) is 0 Å². The molecule has 114 valence electrons. The molecule has 0 spiro atoms. The highest BCUT2D eigenvalue weighted by Crippen LogP contribution is 2.20. The van der Waals surface area contributed by atoms with Gasteiger partial charge in [0.1, 0.15) is 24.4 Å². The summed E-state index contributed by atoms with van der Waals surface area (Å²) in [5.74, 6) is 0.176. The maximum absolute atomic E-state index is 10.4. The Morgan fingerprint density at radius 2 is 1.74 bits per heavy atom. The van der Waals surface area contributed by atoms with Gasteiger partial charge in [-0.05, 0) is 12.8 Å². The molecule has 1 heterocycles.